The Hall–Kier alpha value is -4.02. The average molecular weight is 518 g/mol. The molecule has 37 heavy (non-hydrogen) atoms. The second-order valence-electron chi connectivity index (χ2n) is 8.76. The van der Waals surface area contributed by atoms with Gasteiger partial charge in [0, 0.05) is 21.9 Å². The lowest BCUT2D eigenvalue weighted by atomic mass is 9.81. The molecule has 0 aromatic heterocycles. The molecule has 0 bridgehead atoms. The van der Waals surface area contributed by atoms with Crippen LogP contribution in [0.3, 0.4) is 0 Å². The van der Waals surface area contributed by atoms with E-state index in [2.05, 4.69) is 26.6 Å². The van der Waals surface area contributed by atoms with Crippen LogP contribution in [0.15, 0.2) is 88.7 Å². The first kappa shape index (κ1) is 24.7. The van der Waals surface area contributed by atoms with Gasteiger partial charge >= 0.3 is 0 Å². The van der Waals surface area contributed by atoms with Crippen molar-refractivity contribution in [3.8, 4) is 5.75 Å². The first-order valence-corrected chi connectivity index (χ1v) is 12.7. The number of nitrogens with one attached hydrogen (secondary N) is 5. The molecule has 2 fully saturated rings. The first-order valence-electron chi connectivity index (χ1n) is 11.9. The van der Waals surface area contributed by atoms with E-state index in [0.29, 0.717) is 11.4 Å². The fourth-order valence-corrected chi connectivity index (χ4v) is 5.43. The van der Waals surface area contributed by atoms with Gasteiger partial charge in [-0.05, 0) is 48.5 Å². The molecule has 0 spiro atoms. The fourth-order valence-electron chi connectivity index (χ4n) is 4.51. The third-order valence-corrected chi connectivity index (χ3v) is 7.39. The zero-order chi connectivity index (χ0) is 25.8. The Labute approximate surface area is 218 Å². The zero-order valence-corrected chi connectivity index (χ0v) is 20.9. The highest BCUT2D eigenvalue weighted by Crippen LogP contribution is 2.34. The van der Waals surface area contributed by atoms with Crippen molar-refractivity contribution in [2.45, 2.75) is 28.7 Å². The van der Waals surface area contributed by atoms with Gasteiger partial charge in [-0.1, -0.05) is 42.1 Å². The molecule has 3 aromatic rings. The van der Waals surface area contributed by atoms with E-state index in [4.69, 9.17) is 4.74 Å². The van der Waals surface area contributed by atoms with Crippen LogP contribution < -0.4 is 31.3 Å². The molecule has 2 heterocycles. The monoisotopic (exact) mass is 517 g/mol. The number of amides is 3. The lowest BCUT2D eigenvalue weighted by Crippen LogP contribution is -2.72. The summed E-state index contributed by atoms with van der Waals surface area (Å²) in [5.74, 6) is -1.86. The van der Waals surface area contributed by atoms with Crippen LogP contribution in [0.2, 0.25) is 0 Å². The third kappa shape index (κ3) is 5.71. The SMILES string of the molecule is COc1ccc(NC2NC(=O)C3C(NC(=O)CC3C(=O)Nc3ccccc3Sc3ccccc3)N2)cc1. The second-order valence-corrected chi connectivity index (χ2v) is 9.88. The number of piperidine rings is 1. The highest BCUT2D eigenvalue weighted by Gasteiger charge is 2.48. The molecule has 0 saturated carbocycles. The van der Waals surface area contributed by atoms with Gasteiger partial charge in [0.1, 0.15) is 5.75 Å². The normalized spacial score (nSPS) is 22.7. The number of para-hydroxylation sites is 1. The number of hydrogen-bond acceptors (Lipinski definition) is 7. The van der Waals surface area contributed by atoms with Crippen molar-refractivity contribution in [3.63, 3.8) is 0 Å². The molecule has 4 atom stereocenters. The van der Waals surface area contributed by atoms with E-state index >= 15 is 0 Å². The van der Waals surface area contributed by atoms with Gasteiger partial charge in [0.25, 0.3) is 0 Å². The summed E-state index contributed by atoms with van der Waals surface area (Å²) in [6, 6.07) is 24.6. The fraction of sp³-hybridized carbons (Fsp3) is 0.222. The summed E-state index contributed by atoms with van der Waals surface area (Å²) in [6.45, 7) is 0. The highest BCUT2D eigenvalue weighted by molar-refractivity contribution is 7.99. The summed E-state index contributed by atoms with van der Waals surface area (Å²) in [6.07, 6.45) is -1.41. The maximum atomic E-state index is 13.4. The number of anilines is 2. The maximum Gasteiger partial charge on any atom is 0.229 e. The number of rotatable bonds is 7. The Morgan fingerprint density at radius 1 is 0.946 bits per heavy atom. The van der Waals surface area contributed by atoms with Crippen LogP contribution in [0.1, 0.15) is 6.42 Å². The molecule has 0 radical (unpaired) electrons. The van der Waals surface area contributed by atoms with E-state index in [1.54, 1.807) is 19.2 Å². The van der Waals surface area contributed by atoms with Gasteiger partial charge in [0.15, 0.2) is 6.29 Å². The van der Waals surface area contributed by atoms with Crippen molar-refractivity contribution in [1.29, 1.82) is 0 Å². The molecule has 5 rings (SSSR count). The van der Waals surface area contributed by atoms with Gasteiger partial charge in [0.05, 0.1) is 30.8 Å². The van der Waals surface area contributed by atoms with E-state index in [1.165, 1.54) is 11.8 Å². The van der Waals surface area contributed by atoms with E-state index in [9.17, 15) is 14.4 Å². The standard InChI is InChI=1S/C27H27N5O4S/c1-36-17-13-11-16(12-14-17)28-27-31-24-23(26(35)32-27)19(15-22(33)30-24)25(34)29-20-9-5-6-10-21(20)37-18-7-3-2-4-8-18/h2-14,19,23-24,27-28,31H,15H2,1H3,(H,29,34)(H,30,33)(H,32,35). The lowest BCUT2D eigenvalue weighted by molar-refractivity contribution is -0.144. The number of ether oxygens (including phenoxy) is 1. The smallest absolute Gasteiger partial charge is 0.229 e. The molecule has 5 N–H and O–H groups in total. The number of fused-ring (bicyclic) bond motifs is 1. The van der Waals surface area contributed by atoms with Gasteiger partial charge in [-0.2, -0.15) is 0 Å². The van der Waals surface area contributed by atoms with Crippen LogP contribution in [0.4, 0.5) is 11.4 Å². The number of carbonyl (C=O) groups excluding carboxylic acids is 3. The quantitative estimate of drug-likeness (QED) is 0.327. The Kier molecular flexibility index (Phi) is 7.29. The van der Waals surface area contributed by atoms with Crippen LogP contribution in [-0.2, 0) is 14.4 Å². The molecule has 10 heteroatoms. The minimum Gasteiger partial charge on any atom is -0.497 e. The number of carbonyl (C=O) groups is 3. The van der Waals surface area contributed by atoms with Crippen molar-refractivity contribution >= 4 is 40.9 Å². The summed E-state index contributed by atoms with van der Waals surface area (Å²) in [7, 11) is 1.59. The maximum absolute atomic E-state index is 13.4. The summed E-state index contributed by atoms with van der Waals surface area (Å²) >= 11 is 1.53. The molecule has 0 aliphatic carbocycles. The zero-order valence-electron chi connectivity index (χ0n) is 20.1. The molecule has 4 unspecified atom stereocenters. The van der Waals surface area contributed by atoms with Gasteiger partial charge in [-0.3, -0.25) is 19.7 Å². The van der Waals surface area contributed by atoms with Gasteiger partial charge in [-0.25, -0.2) is 0 Å². The second kappa shape index (κ2) is 10.9. The Morgan fingerprint density at radius 2 is 1.68 bits per heavy atom. The molecule has 3 aromatic carbocycles. The van der Waals surface area contributed by atoms with Crippen molar-refractivity contribution < 1.29 is 19.1 Å². The molecular formula is C27H27N5O4S. The number of benzene rings is 3. The van der Waals surface area contributed by atoms with E-state index < -0.39 is 24.3 Å². The van der Waals surface area contributed by atoms with Crippen LogP contribution in [0.25, 0.3) is 0 Å². The van der Waals surface area contributed by atoms with E-state index in [1.807, 2.05) is 66.7 Å². The average Bonchev–Trinajstić information content (AvgIpc) is 2.90. The first-order chi connectivity index (χ1) is 18.0. The van der Waals surface area contributed by atoms with Crippen LogP contribution in [-0.4, -0.2) is 37.3 Å². The predicted molar refractivity (Wildman–Crippen MR) is 141 cm³/mol. The number of hydrogen-bond donors (Lipinski definition) is 5. The van der Waals surface area contributed by atoms with Crippen molar-refractivity contribution in [1.82, 2.24) is 16.0 Å². The van der Waals surface area contributed by atoms with E-state index in [-0.39, 0.29) is 24.1 Å². The van der Waals surface area contributed by atoms with Crippen LogP contribution >= 0.6 is 11.8 Å². The van der Waals surface area contributed by atoms with Gasteiger partial charge in [-0.15, -0.1) is 0 Å². The van der Waals surface area contributed by atoms with E-state index in [0.717, 1.165) is 15.5 Å². The van der Waals surface area contributed by atoms with Gasteiger partial charge < -0.3 is 26.0 Å². The summed E-state index contributed by atoms with van der Waals surface area (Å²) in [5.41, 5.74) is 1.38. The summed E-state index contributed by atoms with van der Waals surface area (Å²) in [5, 5.41) is 15.0. The minimum absolute atomic E-state index is 0.0767. The largest absolute Gasteiger partial charge is 0.497 e. The molecule has 9 nitrogen and oxygen atoms in total. The van der Waals surface area contributed by atoms with Gasteiger partial charge in [0.2, 0.25) is 17.7 Å². The summed E-state index contributed by atoms with van der Waals surface area (Å²) in [4.78, 5) is 41.0. The Bertz CT molecular complexity index is 1290. The van der Waals surface area contributed by atoms with Crippen molar-refractivity contribution in [3.05, 3.63) is 78.9 Å². The molecule has 2 aliphatic heterocycles. The summed E-state index contributed by atoms with van der Waals surface area (Å²) < 4.78 is 5.17. The predicted octanol–water partition coefficient (Wildman–Crippen LogP) is 2.98. The molecule has 2 aliphatic rings. The lowest BCUT2D eigenvalue weighted by Gasteiger charge is -2.43. The molecule has 190 valence electrons. The Balaban J connectivity index is 1.29. The third-order valence-electron chi connectivity index (χ3n) is 6.30. The Morgan fingerprint density at radius 3 is 2.43 bits per heavy atom. The van der Waals surface area contributed by atoms with Crippen molar-refractivity contribution in [2.24, 2.45) is 11.8 Å². The number of methoxy groups -OCH3 is 1. The molecule has 2 saturated heterocycles. The van der Waals surface area contributed by atoms with Crippen molar-refractivity contribution in [2.75, 3.05) is 17.7 Å². The highest BCUT2D eigenvalue weighted by atomic mass is 32.2. The molecular weight excluding hydrogens is 490 g/mol. The van der Waals surface area contributed by atoms with Crippen LogP contribution in [0.5, 0.6) is 5.75 Å². The minimum atomic E-state index is -0.831. The topological polar surface area (TPSA) is 121 Å². The van der Waals surface area contributed by atoms with Crippen LogP contribution in [0, 0.1) is 11.8 Å². The molecule has 3 amide bonds.